The number of hydrogen-bond donors (Lipinski definition) is 1. The molecule has 94 valence electrons. The Hall–Kier alpha value is -1.15. The van der Waals surface area contributed by atoms with Gasteiger partial charge >= 0.3 is 6.03 Å². The molecule has 0 aromatic rings. The molecule has 3 fully saturated rings. The first kappa shape index (κ1) is 11.0. The zero-order valence-electron chi connectivity index (χ0n) is 9.29. The second kappa shape index (κ2) is 3.20. The average molecular weight is 259 g/mol. The standard InChI is InChI=1S/C9H13N3O4S/c1-2-17(15,16)12-8(13)7-6-3-5(4-10-6)11(7)9(12)14/h5-7,10H,2-4H2,1H3. The molecule has 3 atom stereocenters. The minimum absolute atomic E-state index is 0.0430. The topological polar surface area (TPSA) is 86.8 Å². The van der Waals surface area contributed by atoms with E-state index in [-0.39, 0.29) is 17.8 Å². The van der Waals surface area contributed by atoms with Gasteiger partial charge in [0.15, 0.2) is 0 Å². The monoisotopic (exact) mass is 259 g/mol. The maximum absolute atomic E-state index is 12.0. The van der Waals surface area contributed by atoms with Crippen molar-refractivity contribution in [3.8, 4) is 0 Å². The first-order chi connectivity index (χ1) is 7.97. The lowest BCUT2D eigenvalue weighted by atomic mass is 10.1. The maximum atomic E-state index is 12.0. The Bertz CT molecular complexity index is 474. The fourth-order valence-electron chi connectivity index (χ4n) is 2.89. The van der Waals surface area contributed by atoms with E-state index in [1.165, 1.54) is 11.8 Å². The molecule has 3 rings (SSSR count). The third-order valence-electron chi connectivity index (χ3n) is 3.71. The Balaban J connectivity index is 2.02. The predicted octanol–water partition coefficient (Wildman–Crippen LogP) is -1.29. The maximum Gasteiger partial charge on any atom is 0.341 e. The molecule has 3 aliphatic heterocycles. The van der Waals surface area contributed by atoms with Crippen molar-refractivity contribution in [2.45, 2.75) is 31.5 Å². The van der Waals surface area contributed by atoms with Crippen LogP contribution in [-0.4, -0.2) is 60.0 Å². The highest BCUT2D eigenvalue weighted by Crippen LogP contribution is 2.37. The smallest absolute Gasteiger partial charge is 0.309 e. The molecular formula is C9H13N3O4S. The second-order valence-electron chi connectivity index (χ2n) is 4.54. The molecule has 17 heavy (non-hydrogen) atoms. The summed E-state index contributed by atoms with van der Waals surface area (Å²) in [5.41, 5.74) is 0. The van der Waals surface area contributed by atoms with Gasteiger partial charge in [0.1, 0.15) is 6.04 Å². The highest BCUT2D eigenvalue weighted by Gasteiger charge is 2.61. The number of urea groups is 1. The van der Waals surface area contributed by atoms with Crippen LogP contribution in [0.15, 0.2) is 0 Å². The number of carbonyl (C=O) groups is 2. The van der Waals surface area contributed by atoms with Crippen LogP contribution in [0.25, 0.3) is 0 Å². The lowest BCUT2D eigenvalue weighted by Gasteiger charge is -2.26. The van der Waals surface area contributed by atoms with Gasteiger partial charge in [0.05, 0.1) is 5.75 Å². The highest BCUT2D eigenvalue weighted by atomic mass is 32.2. The van der Waals surface area contributed by atoms with Crippen molar-refractivity contribution in [1.29, 1.82) is 0 Å². The molecule has 0 saturated carbocycles. The number of nitrogens with one attached hydrogen (secondary N) is 1. The molecule has 0 aromatic carbocycles. The van der Waals surface area contributed by atoms with Crippen molar-refractivity contribution in [3.63, 3.8) is 0 Å². The minimum Gasteiger partial charge on any atom is -0.309 e. The summed E-state index contributed by atoms with van der Waals surface area (Å²) in [4.78, 5) is 25.5. The van der Waals surface area contributed by atoms with Crippen LogP contribution in [0.5, 0.6) is 0 Å². The lowest BCUT2D eigenvalue weighted by molar-refractivity contribution is -0.125. The fraction of sp³-hybridized carbons (Fsp3) is 0.778. The summed E-state index contributed by atoms with van der Waals surface area (Å²) in [6, 6.07) is -1.43. The number of nitrogens with zero attached hydrogens (tertiary/aromatic N) is 2. The average Bonchev–Trinajstić information content (AvgIpc) is 2.92. The van der Waals surface area contributed by atoms with Gasteiger partial charge in [0.2, 0.25) is 10.0 Å². The normalized spacial score (nSPS) is 35.9. The van der Waals surface area contributed by atoms with Gasteiger partial charge in [0.25, 0.3) is 5.91 Å². The van der Waals surface area contributed by atoms with E-state index < -0.39 is 28.0 Å². The highest BCUT2D eigenvalue weighted by molar-refractivity contribution is 7.90. The second-order valence-corrected chi connectivity index (χ2v) is 6.65. The number of amides is 3. The number of imide groups is 1. The molecule has 8 heteroatoms. The van der Waals surface area contributed by atoms with Crippen LogP contribution in [0.2, 0.25) is 0 Å². The van der Waals surface area contributed by atoms with E-state index in [0.29, 0.717) is 10.8 Å². The van der Waals surface area contributed by atoms with Gasteiger partial charge in [-0.05, 0) is 13.3 Å². The largest absolute Gasteiger partial charge is 0.341 e. The quantitative estimate of drug-likeness (QED) is 0.624. The Morgan fingerprint density at radius 1 is 1.41 bits per heavy atom. The molecule has 3 amide bonds. The van der Waals surface area contributed by atoms with E-state index in [2.05, 4.69) is 5.32 Å². The Morgan fingerprint density at radius 2 is 2.12 bits per heavy atom. The number of hydrogen-bond acceptors (Lipinski definition) is 5. The molecular weight excluding hydrogens is 246 g/mol. The number of sulfonamides is 1. The van der Waals surface area contributed by atoms with Crippen molar-refractivity contribution in [1.82, 2.24) is 14.5 Å². The Labute approximate surface area is 98.8 Å². The molecule has 0 radical (unpaired) electrons. The molecule has 0 spiro atoms. The van der Waals surface area contributed by atoms with Crippen molar-refractivity contribution in [2.24, 2.45) is 0 Å². The molecule has 1 N–H and O–H groups in total. The summed E-state index contributed by atoms with van der Waals surface area (Å²) in [7, 11) is -3.79. The van der Waals surface area contributed by atoms with Gasteiger partial charge < -0.3 is 10.2 Å². The van der Waals surface area contributed by atoms with Crippen LogP contribution in [0.1, 0.15) is 13.3 Å². The Kier molecular flexibility index (Phi) is 2.06. The van der Waals surface area contributed by atoms with Crippen molar-refractivity contribution >= 4 is 22.0 Å². The zero-order valence-corrected chi connectivity index (χ0v) is 10.1. The molecule has 3 heterocycles. The van der Waals surface area contributed by atoms with Crippen molar-refractivity contribution < 1.29 is 18.0 Å². The van der Waals surface area contributed by atoms with E-state index >= 15 is 0 Å². The summed E-state index contributed by atoms with van der Waals surface area (Å²) < 4.78 is 23.9. The summed E-state index contributed by atoms with van der Waals surface area (Å²) in [6.45, 7) is 2.06. The predicted molar refractivity (Wildman–Crippen MR) is 57.5 cm³/mol. The molecule has 3 saturated heterocycles. The van der Waals surface area contributed by atoms with Crippen LogP contribution >= 0.6 is 0 Å². The van der Waals surface area contributed by atoms with E-state index in [0.717, 1.165) is 6.42 Å². The summed E-state index contributed by atoms with van der Waals surface area (Å²) >= 11 is 0. The van der Waals surface area contributed by atoms with Crippen LogP contribution in [0.4, 0.5) is 4.79 Å². The van der Waals surface area contributed by atoms with Crippen LogP contribution in [-0.2, 0) is 14.8 Å². The summed E-state index contributed by atoms with van der Waals surface area (Å²) in [5.74, 6) is -0.843. The van der Waals surface area contributed by atoms with E-state index in [1.54, 1.807) is 0 Å². The van der Waals surface area contributed by atoms with Gasteiger partial charge in [-0.15, -0.1) is 0 Å². The molecule has 3 aliphatic rings. The Morgan fingerprint density at radius 3 is 2.71 bits per heavy atom. The molecule has 0 aromatic heterocycles. The molecule has 7 nitrogen and oxygen atoms in total. The van der Waals surface area contributed by atoms with E-state index in [9.17, 15) is 18.0 Å². The number of fused-ring (bicyclic) bond motifs is 5. The zero-order chi connectivity index (χ0) is 12.4. The van der Waals surface area contributed by atoms with Gasteiger partial charge in [-0.2, -0.15) is 4.31 Å². The first-order valence-electron chi connectivity index (χ1n) is 5.60. The molecule has 2 bridgehead atoms. The number of rotatable bonds is 2. The van der Waals surface area contributed by atoms with Crippen molar-refractivity contribution in [2.75, 3.05) is 12.3 Å². The SMILES string of the molecule is CCS(=O)(=O)N1C(=O)C2C3CC(CN3)N2C1=O. The molecule has 0 aliphatic carbocycles. The third-order valence-corrected chi connectivity index (χ3v) is 5.33. The first-order valence-corrected chi connectivity index (χ1v) is 7.21. The van der Waals surface area contributed by atoms with Crippen LogP contribution in [0.3, 0.4) is 0 Å². The van der Waals surface area contributed by atoms with E-state index in [1.807, 2.05) is 0 Å². The lowest BCUT2D eigenvalue weighted by Crippen LogP contribution is -2.51. The minimum atomic E-state index is -3.79. The summed E-state index contributed by atoms with van der Waals surface area (Å²) in [6.07, 6.45) is 0.738. The van der Waals surface area contributed by atoms with Gasteiger partial charge in [0, 0.05) is 18.6 Å². The number of carbonyl (C=O) groups excluding carboxylic acids is 2. The number of piperazine rings is 1. The van der Waals surface area contributed by atoms with E-state index in [4.69, 9.17) is 0 Å². The van der Waals surface area contributed by atoms with Crippen LogP contribution < -0.4 is 5.32 Å². The van der Waals surface area contributed by atoms with Crippen molar-refractivity contribution in [3.05, 3.63) is 0 Å². The van der Waals surface area contributed by atoms with Gasteiger partial charge in [-0.3, -0.25) is 4.79 Å². The van der Waals surface area contributed by atoms with Gasteiger partial charge in [-0.25, -0.2) is 13.2 Å². The summed E-state index contributed by atoms with van der Waals surface area (Å²) in [5, 5.41) is 3.13. The third kappa shape index (κ3) is 1.22. The fourth-order valence-corrected chi connectivity index (χ4v) is 3.86. The molecule has 3 unspecified atom stereocenters. The van der Waals surface area contributed by atoms with Crippen LogP contribution in [0, 0.1) is 0 Å². The van der Waals surface area contributed by atoms with Gasteiger partial charge in [-0.1, -0.05) is 0 Å².